The normalized spacial score (nSPS) is 21.3. The molecular formula is C4H7NO2. The largest absolute Gasteiger partial charge is 0.273 e. The second kappa shape index (κ2) is 1.50. The molecule has 0 saturated carbocycles. The van der Waals surface area contributed by atoms with E-state index in [0.717, 1.165) is 0 Å². The highest BCUT2D eigenvalue weighted by atomic mass is 16.7. The van der Waals surface area contributed by atoms with E-state index in [1.165, 1.54) is 5.06 Å². The maximum Gasteiger partial charge on any atom is 0.248 e. The van der Waals surface area contributed by atoms with Crippen LogP contribution in [0.2, 0.25) is 0 Å². The van der Waals surface area contributed by atoms with Crippen molar-refractivity contribution in [3.63, 3.8) is 0 Å². The molecule has 1 saturated heterocycles. The molecule has 1 aliphatic heterocycles. The summed E-state index contributed by atoms with van der Waals surface area (Å²) in [5.41, 5.74) is 0. The highest BCUT2D eigenvalue weighted by Gasteiger charge is 2.15. The number of amides is 1. The molecule has 1 fully saturated rings. The molecule has 0 aromatic rings. The molecule has 1 amide bonds. The van der Waals surface area contributed by atoms with E-state index in [1.54, 1.807) is 7.05 Å². The molecule has 0 aromatic heterocycles. The molecule has 0 spiro atoms. The number of hydrogen-bond donors (Lipinski definition) is 0. The predicted molar refractivity (Wildman–Crippen MR) is 23.3 cm³/mol. The fourth-order valence-electron chi connectivity index (χ4n) is 0.499. The molecule has 7 heavy (non-hydrogen) atoms. The fourth-order valence-corrected chi connectivity index (χ4v) is 0.499. The first-order valence-electron chi connectivity index (χ1n) is 2.20. The molecule has 0 N–H and O–H groups in total. The van der Waals surface area contributed by atoms with Gasteiger partial charge in [-0.25, -0.2) is 5.06 Å². The third kappa shape index (κ3) is 0.718. The quantitative estimate of drug-likeness (QED) is 0.422. The van der Waals surface area contributed by atoms with E-state index in [2.05, 4.69) is 0 Å². The van der Waals surface area contributed by atoms with Crippen LogP contribution in [0.4, 0.5) is 0 Å². The fraction of sp³-hybridized carbons (Fsp3) is 0.750. The van der Waals surface area contributed by atoms with Crippen LogP contribution >= 0.6 is 0 Å². The van der Waals surface area contributed by atoms with Gasteiger partial charge in [-0.1, -0.05) is 0 Å². The molecular weight excluding hydrogens is 94.0 g/mol. The van der Waals surface area contributed by atoms with Crippen molar-refractivity contribution in [2.45, 2.75) is 6.42 Å². The van der Waals surface area contributed by atoms with Crippen molar-refractivity contribution in [1.82, 2.24) is 5.06 Å². The van der Waals surface area contributed by atoms with Crippen LogP contribution in [0.25, 0.3) is 0 Å². The predicted octanol–water partition coefficient (Wildman–Crippen LogP) is -0.220. The maximum absolute atomic E-state index is 10.4. The molecule has 1 rings (SSSR count). The molecule has 0 bridgehead atoms. The molecule has 0 aromatic carbocycles. The average molecular weight is 101 g/mol. The van der Waals surface area contributed by atoms with Crippen molar-refractivity contribution in [1.29, 1.82) is 0 Å². The number of rotatable bonds is 0. The first kappa shape index (κ1) is 4.59. The summed E-state index contributed by atoms with van der Waals surface area (Å²) in [6.07, 6.45) is 0.538. The Morgan fingerprint density at radius 1 is 1.86 bits per heavy atom. The number of hydrogen-bond acceptors (Lipinski definition) is 2. The van der Waals surface area contributed by atoms with Gasteiger partial charge in [-0.3, -0.25) is 9.63 Å². The summed E-state index contributed by atoms with van der Waals surface area (Å²) in [7, 11) is 1.62. The Morgan fingerprint density at radius 2 is 2.57 bits per heavy atom. The highest BCUT2D eigenvalue weighted by Crippen LogP contribution is 2.00. The van der Waals surface area contributed by atoms with Gasteiger partial charge in [-0.2, -0.15) is 0 Å². The first-order chi connectivity index (χ1) is 3.30. The first-order valence-corrected chi connectivity index (χ1v) is 2.20. The van der Waals surface area contributed by atoms with Crippen molar-refractivity contribution in [2.24, 2.45) is 0 Å². The van der Waals surface area contributed by atoms with E-state index in [4.69, 9.17) is 4.84 Å². The van der Waals surface area contributed by atoms with Gasteiger partial charge in [0.05, 0.1) is 13.0 Å². The lowest BCUT2D eigenvalue weighted by molar-refractivity contribution is -0.154. The molecule has 1 heterocycles. The van der Waals surface area contributed by atoms with Crippen LogP contribution < -0.4 is 0 Å². The van der Waals surface area contributed by atoms with Crippen LogP contribution in [-0.4, -0.2) is 24.6 Å². The summed E-state index contributed by atoms with van der Waals surface area (Å²) in [5.74, 6) is 0.0694. The molecule has 3 nitrogen and oxygen atoms in total. The second-order valence-electron chi connectivity index (χ2n) is 1.47. The number of nitrogens with zero attached hydrogens (tertiary/aromatic N) is 1. The van der Waals surface area contributed by atoms with Gasteiger partial charge >= 0.3 is 0 Å². The van der Waals surface area contributed by atoms with Crippen molar-refractivity contribution in [2.75, 3.05) is 13.7 Å². The van der Waals surface area contributed by atoms with Gasteiger partial charge in [-0.15, -0.1) is 0 Å². The third-order valence-corrected chi connectivity index (χ3v) is 0.952. The lowest BCUT2D eigenvalue weighted by Crippen LogP contribution is -2.16. The van der Waals surface area contributed by atoms with Crippen LogP contribution in [0.3, 0.4) is 0 Å². The van der Waals surface area contributed by atoms with E-state index in [1.807, 2.05) is 0 Å². The molecule has 0 radical (unpaired) electrons. The second-order valence-corrected chi connectivity index (χ2v) is 1.47. The Morgan fingerprint density at radius 3 is 2.71 bits per heavy atom. The monoisotopic (exact) mass is 101 g/mol. The SMILES string of the molecule is CN1OCCC1=O. The molecule has 0 unspecified atom stereocenters. The van der Waals surface area contributed by atoms with Crippen LogP contribution in [-0.2, 0) is 9.63 Å². The minimum atomic E-state index is 0.0694. The van der Waals surface area contributed by atoms with E-state index < -0.39 is 0 Å². The van der Waals surface area contributed by atoms with Gasteiger partial charge < -0.3 is 0 Å². The zero-order valence-corrected chi connectivity index (χ0v) is 4.18. The van der Waals surface area contributed by atoms with E-state index >= 15 is 0 Å². The Hall–Kier alpha value is -0.570. The standard InChI is InChI=1S/C4H7NO2/c1-5-4(6)2-3-7-5/h2-3H2,1H3. The summed E-state index contributed by atoms with van der Waals surface area (Å²) < 4.78 is 0. The summed E-state index contributed by atoms with van der Waals surface area (Å²) in [6.45, 7) is 0.551. The molecule has 40 valence electrons. The molecule has 0 atom stereocenters. The van der Waals surface area contributed by atoms with Crippen LogP contribution in [0, 0.1) is 0 Å². The lowest BCUT2D eigenvalue weighted by Gasteiger charge is -2.02. The highest BCUT2D eigenvalue weighted by molar-refractivity contribution is 5.76. The van der Waals surface area contributed by atoms with Gasteiger partial charge in [0.15, 0.2) is 0 Å². The van der Waals surface area contributed by atoms with Gasteiger partial charge in [-0.05, 0) is 0 Å². The number of carbonyl (C=O) groups excluding carboxylic acids is 1. The van der Waals surface area contributed by atoms with E-state index in [-0.39, 0.29) is 5.91 Å². The average Bonchev–Trinajstić information content (AvgIpc) is 1.91. The van der Waals surface area contributed by atoms with E-state index in [0.29, 0.717) is 13.0 Å². The van der Waals surface area contributed by atoms with Crippen molar-refractivity contribution in [3.8, 4) is 0 Å². The summed E-state index contributed by atoms with van der Waals surface area (Å²) in [6, 6.07) is 0. The van der Waals surface area contributed by atoms with Crippen LogP contribution in [0.15, 0.2) is 0 Å². The lowest BCUT2D eigenvalue weighted by atomic mass is 10.5. The van der Waals surface area contributed by atoms with E-state index in [9.17, 15) is 4.79 Å². The smallest absolute Gasteiger partial charge is 0.248 e. The topological polar surface area (TPSA) is 29.5 Å². The van der Waals surface area contributed by atoms with Crippen molar-refractivity contribution < 1.29 is 9.63 Å². The van der Waals surface area contributed by atoms with Gasteiger partial charge in [0.25, 0.3) is 0 Å². The Balaban J connectivity index is 2.48. The molecule has 0 aliphatic carbocycles. The molecule has 1 aliphatic rings. The Labute approximate surface area is 41.8 Å². The molecule has 3 heteroatoms. The van der Waals surface area contributed by atoms with Crippen molar-refractivity contribution >= 4 is 5.91 Å². The van der Waals surface area contributed by atoms with Gasteiger partial charge in [0.2, 0.25) is 5.91 Å². The number of hydroxylamine groups is 2. The van der Waals surface area contributed by atoms with Crippen molar-refractivity contribution in [3.05, 3.63) is 0 Å². The number of carbonyl (C=O) groups is 1. The summed E-state index contributed by atoms with van der Waals surface area (Å²) >= 11 is 0. The van der Waals surface area contributed by atoms with Crippen LogP contribution in [0.5, 0.6) is 0 Å². The summed E-state index contributed by atoms with van der Waals surface area (Å²) in [5, 5.41) is 1.26. The van der Waals surface area contributed by atoms with Crippen LogP contribution in [0.1, 0.15) is 6.42 Å². The maximum atomic E-state index is 10.4. The zero-order chi connectivity index (χ0) is 5.28. The minimum Gasteiger partial charge on any atom is -0.273 e. The zero-order valence-electron chi connectivity index (χ0n) is 4.18. The minimum absolute atomic E-state index is 0.0694. The van der Waals surface area contributed by atoms with Gasteiger partial charge in [0, 0.05) is 7.05 Å². The summed E-state index contributed by atoms with van der Waals surface area (Å²) in [4.78, 5) is 15.1. The van der Waals surface area contributed by atoms with Gasteiger partial charge in [0.1, 0.15) is 0 Å². The Kier molecular flexibility index (Phi) is 0.982. The Bertz CT molecular complexity index is 91.7. The third-order valence-electron chi connectivity index (χ3n) is 0.952.